The van der Waals surface area contributed by atoms with E-state index >= 15 is 0 Å². The summed E-state index contributed by atoms with van der Waals surface area (Å²) in [7, 11) is 0. The van der Waals surface area contributed by atoms with E-state index in [4.69, 9.17) is 4.74 Å². The number of rotatable bonds is 2. The molecule has 0 atom stereocenters. The number of fused-ring (bicyclic) bond motifs is 1. The molecule has 7 heteroatoms. The molecule has 0 amide bonds. The first-order valence-corrected chi connectivity index (χ1v) is 6.67. The highest BCUT2D eigenvalue weighted by atomic mass is 16.5. The van der Waals surface area contributed by atoms with Crippen molar-refractivity contribution < 1.29 is 9.84 Å². The van der Waals surface area contributed by atoms with Crippen molar-refractivity contribution in [1.29, 1.82) is 0 Å². The third-order valence-corrected chi connectivity index (χ3v) is 3.45. The quantitative estimate of drug-likeness (QED) is 0.768. The van der Waals surface area contributed by atoms with Gasteiger partial charge in [0.15, 0.2) is 23.1 Å². The summed E-state index contributed by atoms with van der Waals surface area (Å²) in [5.74, 6) is 1.41. The van der Waals surface area contributed by atoms with Gasteiger partial charge in [-0.25, -0.2) is 4.68 Å². The van der Waals surface area contributed by atoms with Crippen LogP contribution in [0.5, 0.6) is 5.75 Å². The Morgan fingerprint density at radius 3 is 2.86 bits per heavy atom. The van der Waals surface area contributed by atoms with E-state index in [2.05, 4.69) is 15.3 Å². The van der Waals surface area contributed by atoms with Crippen LogP contribution in [0.3, 0.4) is 0 Å². The van der Waals surface area contributed by atoms with Crippen LogP contribution in [0, 0.1) is 0 Å². The van der Waals surface area contributed by atoms with Gasteiger partial charge in [0.25, 0.3) is 0 Å². The maximum Gasteiger partial charge on any atom is 0.188 e. The second-order valence-corrected chi connectivity index (χ2v) is 4.79. The molecule has 1 aliphatic rings. The summed E-state index contributed by atoms with van der Waals surface area (Å²) in [5, 5.41) is 22.8. The molecule has 1 aromatic carbocycles. The number of nitrogens with zero attached hydrogens (tertiary/aromatic N) is 5. The Balaban J connectivity index is 1.80. The number of aromatic nitrogens is 5. The summed E-state index contributed by atoms with van der Waals surface area (Å²) < 4.78 is 8.90. The number of benzene rings is 1. The van der Waals surface area contributed by atoms with Crippen LogP contribution in [-0.2, 0) is 17.9 Å². The van der Waals surface area contributed by atoms with Gasteiger partial charge in [-0.05, 0) is 12.1 Å². The zero-order valence-corrected chi connectivity index (χ0v) is 11.2. The molecule has 0 saturated heterocycles. The van der Waals surface area contributed by atoms with Gasteiger partial charge in [-0.1, -0.05) is 18.2 Å². The Kier molecular flexibility index (Phi) is 2.71. The van der Waals surface area contributed by atoms with Crippen molar-refractivity contribution in [3.63, 3.8) is 0 Å². The van der Waals surface area contributed by atoms with E-state index in [1.165, 1.54) is 0 Å². The van der Waals surface area contributed by atoms with Crippen molar-refractivity contribution in [2.75, 3.05) is 6.61 Å². The predicted octanol–water partition coefficient (Wildman–Crippen LogP) is 1.37. The maximum atomic E-state index is 10.2. The van der Waals surface area contributed by atoms with Gasteiger partial charge >= 0.3 is 0 Å². The van der Waals surface area contributed by atoms with Gasteiger partial charge in [-0.15, -0.1) is 10.2 Å². The Morgan fingerprint density at radius 2 is 2.00 bits per heavy atom. The van der Waals surface area contributed by atoms with Gasteiger partial charge in [-0.2, -0.15) is 5.10 Å². The summed E-state index contributed by atoms with van der Waals surface area (Å²) in [6.07, 6.45) is 1.58. The molecule has 0 saturated carbocycles. The van der Waals surface area contributed by atoms with Gasteiger partial charge < -0.3 is 14.4 Å². The highest BCUT2D eigenvalue weighted by Crippen LogP contribution is 2.28. The van der Waals surface area contributed by atoms with Crippen molar-refractivity contribution in [3.8, 4) is 23.0 Å². The zero-order valence-electron chi connectivity index (χ0n) is 11.2. The van der Waals surface area contributed by atoms with E-state index in [9.17, 15) is 5.11 Å². The van der Waals surface area contributed by atoms with Gasteiger partial charge in [0, 0.05) is 6.54 Å². The van der Waals surface area contributed by atoms with E-state index in [1.807, 2.05) is 34.9 Å². The first-order valence-electron chi connectivity index (χ1n) is 6.67. The standard InChI is InChI=1S/C14H13N5O2/c20-11-8-19(10-4-2-1-3-5-10)17-13(11)14-16-15-12-9-21-7-6-18(12)14/h1-5,8,20H,6-7,9H2. The summed E-state index contributed by atoms with van der Waals surface area (Å²) in [5.41, 5.74) is 1.31. The second kappa shape index (κ2) is 4.71. The molecular formula is C14H13N5O2. The van der Waals surface area contributed by atoms with E-state index in [0.29, 0.717) is 31.3 Å². The normalized spacial score (nSPS) is 14.1. The van der Waals surface area contributed by atoms with Crippen molar-refractivity contribution in [1.82, 2.24) is 24.5 Å². The third-order valence-electron chi connectivity index (χ3n) is 3.45. The number of hydrogen-bond donors (Lipinski definition) is 1. The molecule has 2 aromatic heterocycles. The molecule has 1 aliphatic heterocycles. The van der Waals surface area contributed by atoms with Crippen molar-refractivity contribution in [2.45, 2.75) is 13.2 Å². The van der Waals surface area contributed by atoms with Gasteiger partial charge in [-0.3, -0.25) is 0 Å². The van der Waals surface area contributed by atoms with E-state index in [-0.39, 0.29) is 5.75 Å². The fourth-order valence-corrected chi connectivity index (χ4v) is 2.41. The highest BCUT2D eigenvalue weighted by Gasteiger charge is 2.22. The van der Waals surface area contributed by atoms with Crippen LogP contribution in [0.15, 0.2) is 36.5 Å². The molecule has 0 aliphatic carbocycles. The summed E-state index contributed by atoms with van der Waals surface area (Å²) in [4.78, 5) is 0. The molecule has 1 N–H and O–H groups in total. The average molecular weight is 283 g/mol. The predicted molar refractivity (Wildman–Crippen MR) is 73.9 cm³/mol. The van der Waals surface area contributed by atoms with Gasteiger partial charge in [0.2, 0.25) is 0 Å². The number of ether oxygens (including phenoxy) is 1. The Bertz CT molecular complexity index is 778. The third kappa shape index (κ3) is 1.98. The fourth-order valence-electron chi connectivity index (χ4n) is 2.41. The van der Waals surface area contributed by atoms with Crippen molar-refractivity contribution in [2.24, 2.45) is 0 Å². The van der Waals surface area contributed by atoms with Crippen LogP contribution in [0.2, 0.25) is 0 Å². The topological polar surface area (TPSA) is 78.0 Å². The van der Waals surface area contributed by atoms with Crippen LogP contribution in [0.25, 0.3) is 17.2 Å². The molecule has 0 spiro atoms. The molecular weight excluding hydrogens is 270 g/mol. The summed E-state index contributed by atoms with van der Waals surface area (Å²) in [6, 6.07) is 9.61. The Hall–Kier alpha value is -2.67. The molecule has 4 rings (SSSR count). The van der Waals surface area contributed by atoms with Crippen LogP contribution < -0.4 is 0 Å². The first-order chi connectivity index (χ1) is 10.3. The molecule has 7 nitrogen and oxygen atoms in total. The largest absolute Gasteiger partial charge is 0.504 e. The van der Waals surface area contributed by atoms with Crippen molar-refractivity contribution >= 4 is 0 Å². The van der Waals surface area contributed by atoms with Crippen LogP contribution in [0.4, 0.5) is 0 Å². The Labute approximate surface area is 120 Å². The minimum Gasteiger partial charge on any atom is -0.504 e. The lowest BCUT2D eigenvalue weighted by Crippen LogP contribution is -2.17. The molecule has 0 fully saturated rings. The number of aromatic hydroxyl groups is 1. The molecule has 3 aromatic rings. The number of hydrogen-bond acceptors (Lipinski definition) is 5. The lowest BCUT2D eigenvalue weighted by molar-refractivity contribution is 0.0820. The maximum absolute atomic E-state index is 10.2. The molecule has 106 valence electrons. The Morgan fingerprint density at radius 1 is 1.14 bits per heavy atom. The molecule has 0 radical (unpaired) electrons. The van der Waals surface area contributed by atoms with Crippen molar-refractivity contribution in [3.05, 3.63) is 42.4 Å². The lowest BCUT2D eigenvalue weighted by Gasteiger charge is -2.14. The molecule has 0 unspecified atom stereocenters. The summed E-state index contributed by atoms with van der Waals surface area (Å²) >= 11 is 0. The molecule has 0 bridgehead atoms. The van der Waals surface area contributed by atoms with Crippen LogP contribution >= 0.6 is 0 Å². The van der Waals surface area contributed by atoms with Gasteiger partial charge in [0.1, 0.15) is 6.61 Å². The summed E-state index contributed by atoms with van der Waals surface area (Å²) in [6.45, 7) is 1.71. The van der Waals surface area contributed by atoms with Gasteiger partial charge in [0.05, 0.1) is 18.5 Å². The van der Waals surface area contributed by atoms with E-state index in [0.717, 1.165) is 11.5 Å². The van der Waals surface area contributed by atoms with Crippen LogP contribution in [-0.4, -0.2) is 36.3 Å². The monoisotopic (exact) mass is 283 g/mol. The highest BCUT2D eigenvalue weighted by molar-refractivity contribution is 5.59. The minimum absolute atomic E-state index is 0.0838. The fraction of sp³-hybridized carbons (Fsp3) is 0.214. The lowest BCUT2D eigenvalue weighted by atomic mass is 10.3. The average Bonchev–Trinajstić information content (AvgIpc) is 3.11. The van der Waals surface area contributed by atoms with E-state index in [1.54, 1.807) is 10.9 Å². The number of para-hydroxylation sites is 1. The molecule has 21 heavy (non-hydrogen) atoms. The van der Waals surface area contributed by atoms with E-state index < -0.39 is 0 Å². The van der Waals surface area contributed by atoms with Crippen LogP contribution in [0.1, 0.15) is 5.82 Å². The SMILES string of the molecule is Oc1cn(-c2ccccc2)nc1-c1nnc2n1CCOC2. The minimum atomic E-state index is 0.0838. The first kappa shape index (κ1) is 12.1. The zero-order chi connectivity index (χ0) is 14.2. The molecule has 3 heterocycles. The second-order valence-electron chi connectivity index (χ2n) is 4.79. The smallest absolute Gasteiger partial charge is 0.188 e.